The van der Waals surface area contributed by atoms with Crippen LogP contribution < -0.4 is 0 Å². The Morgan fingerprint density at radius 1 is 0.569 bits per heavy atom. The van der Waals surface area contributed by atoms with Crippen molar-refractivity contribution in [3.05, 3.63) is 23.8 Å². The summed E-state index contributed by atoms with van der Waals surface area (Å²) in [4.78, 5) is 41.0. The SMILES string of the molecule is C=C(C)CCC(OC(C)=O)C1(C)OC(=O)C23CC=C4C(CCC5C4(C)CCC(OC4OCC(OC6OCC(O)C(OC7OC(CO)C(O)C(O)C7O)C6O)C(O)C4OC4OC(CO)C(OC6OCC(O)C(OC7OC(CO)C(O)C(OC)C7O)C6O)C(O)C4O)C5(C)C)C2(C)CC(OC(C)=O)C13. The predicted octanol–water partition coefficient (Wildman–Crippen LogP) is -4.41. The first-order chi connectivity index (χ1) is 48.1. The summed E-state index contributed by atoms with van der Waals surface area (Å²) in [5, 5.41) is 166. The first kappa shape index (κ1) is 79.8. The van der Waals surface area contributed by atoms with Crippen LogP contribution in [0.2, 0.25) is 0 Å². The molecule has 0 aromatic rings. The van der Waals surface area contributed by atoms with E-state index in [1.165, 1.54) is 21.0 Å². The normalized spacial score (nSPS) is 50.3. The molecule has 34 nitrogen and oxygen atoms in total. The Kier molecular flexibility index (Phi) is 24.3. The molecule has 1 spiro atoms. The van der Waals surface area contributed by atoms with Gasteiger partial charge in [-0.25, -0.2) is 0 Å². The van der Waals surface area contributed by atoms with Gasteiger partial charge < -0.3 is 152 Å². The van der Waals surface area contributed by atoms with E-state index >= 15 is 4.79 Å². The van der Waals surface area contributed by atoms with E-state index < -0.39 is 275 Å². The summed E-state index contributed by atoms with van der Waals surface area (Å²) in [7, 11) is 1.18. The zero-order valence-electron chi connectivity index (χ0n) is 58.7. The molecule has 37 atom stereocenters. The second-order valence-corrected chi connectivity index (χ2v) is 30.9. The van der Waals surface area contributed by atoms with Crippen molar-refractivity contribution in [1.29, 1.82) is 0 Å². The fourth-order valence-electron chi connectivity index (χ4n) is 19.2. The average molecular weight is 1470 g/mol. The van der Waals surface area contributed by atoms with Crippen LogP contribution in [-0.2, 0) is 90.2 Å². The Hall–Kier alpha value is -3.23. The zero-order chi connectivity index (χ0) is 74.4. The first-order valence-corrected chi connectivity index (χ1v) is 35.3. The van der Waals surface area contributed by atoms with Crippen molar-refractivity contribution in [3.63, 3.8) is 0 Å². The number of esters is 3. The van der Waals surface area contributed by atoms with Crippen molar-refractivity contribution in [3.8, 4) is 0 Å². The lowest BCUT2D eigenvalue weighted by atomic mass is 9.41. The summed E-state index contributed by atoms with van der Waals surface area (Å²) in [5.41, 5.74) is -2.70. The molecule has 10 fully saturated rings. The molecule has 11 rings (SSSR count). The Bertz CT molecular complexity index is 2960. The summed E-state index contributed by atoms with van der Waals surface area (Å²) < 4.78 is 96.2. The third kappa shape index (κ3) is 14.1. The van der Waals surface area contributed by atoms with Gasteiger partial charge in [0.1, 0.15) is 140 Å². The molecule has 0 aromatic carbocycles. The fraction of sp³-hybridized carbons (Fsp3) is 0.897. The van der Waals surface area contributed by atoms with Crippen LogP contribution in [0, 0.1) is 39.4 Å². The molecule has 0 bridgehead atoms. The van der Waals surface area contributed by atoms with Gasteiger partial charge in [0.25, 0.3) is 0 Å². The van der Waals surface area contributed by atoms with Crippen molar-refractivity contribution >= 4 is 17.9 Å². The quantitative estimate of drug-likeness (QED) is 0.0211. The molecule has 7 heterocycles. The molecule has 102 heavy (non-hydrogen) atoms. The molecule has 582 valence electrons. The standard InChI is InChI=1S/C68H106O34/c1-26(2)11-14-40(92-28(4)73)67(9)56-33(91-27(3)72)19-66(8)30-12-13-38-64(5,6)39(16-17-65(38,7)29(30)15-18-68(56,66)63(86)102-67)97-62-55(43(78)37(25-90-62)96-57-48(83)51(31(74)23-88-57)98-59-46(81)44(79)41(76)34(20-69)93-59)101-60-47(82)45(80)53(36(22-71)95-60)100-58-49(84)52(32(75)24-89-58)99-61-50(85)54(87-10)42(77)35(21-70)94-61/h15,30-62,69-71,74-85H,1,11-14,16-25H2,2-10H3. The number of rotatable bonds is 22. The highest BCUT2D eigenvalue weighted by molar-refractivity contribution is 5.84. The minimum atomic E-state index is -2.14. The number of carbonyl (C=O) groups excluding carboxylic acids is 3. The summed E-state index contributed by atoms with van der Waals surface area (Å²) >= 11 is 0. The number of hydrogen-bond acceptors (Lipinski definition) is 34. The lowest BCUT2D eigenvalue weighted by Crippen LogP contribution is -2.67. The molecular formula is C68H106O34. The van der Waals surface area contributed by atoms with Gasteiger partial charge in [-0.2, -0.15) is 0 Å². The van der Waals surface area contributed by atoms with Gasteiger partial charge >= 0.3 is 17.9 Å². The molecule has 0 radical (unpaired) electrons. The number of aliphatic hydroxyl groups excluding tert-OH is 15. The van der Waals surface area contributed by atoms with Crippen LogP contribution in [0.5, 0.6) is 0 Å². The minimum absolute atomic E-state index is 0.135. The number of ether oxygens (including phenoxy) is 16. The second kappa shape index (κ2) is 31.0. The largest absolute Gasteiger partial charge is 0.462 e. The molecule has 37 unspecified atom stereocenters. The van der Waals surface area contributed by atoms with E-state index in [-0.39, 0.29) is 18.3 Å². The van der Waals surface area contributed by atoms with Gasteiger partial charge in [-0.15, -0.1) is 6.58 Å². The van der Waals surface area contributed by atoms with E-state index in [4.69, 9.17) is 75.8 Å². The van der Waals surface area contributed by atoms with Crippen molar-refractivity contribution < 1.29 is 167 Å². The Balaban J connectivity index is 0.841. The maximum absolute atomic E-state index is 15.1. The van der Waals surface area contributed by atoms with E-state index in [0.717, 1.165) is 11.1 Å². The third-order valence-corrected chi connectivity index (χ3v) is 24.4. The number of cyclic esters (lactones) is 1. The molecule has 11 aliphatic rings. The van der Waals surface area contributed by atoms with E-state index in [0.29, 0.717) is 44.9 Å². The van der Waals surface area contributed by atoms with Crippen LogP contribution in [0.1, 0.15) is 107 Å². The highest BCUT2D eigenvalue weighted by Crippen LogP contribution is 2.76. The average Bonchev–Trinajstić information content (AvgIpc) is 1.48. The maximum atomic E-state index is 15.1. The number of methoxy groups -OCH3 is 1. The lowest BCUT2D eigenvalue weighted by Gasteiger charge is -2.63. The lowest BCUT2D eigenvalue weighted by molar-refractivity contribution is -0.393. The Morgan fingerprint density at radius 2 is 1.11 bits per heavy atom. The molecule has 3 saturated carbocycles. The molecule has 15 N–H and O–H groups in total. The molecule has 34 heteroatoms. The van der Waals surface area contributed by atoms with E-state index in [2.05, 4.69) is 40.3 Å². The summed E-state index contributed by atoms with van der Waals surface area (Å²) in [6, 6.07) is 0. The van der Waals surface area contributed by atoms with Crippen LogP contribution in [0.3, 0.4) is 0 Å². The van der Waals surface area contributed by atoms with Gasteiger partial charge in [0.05, 0.1) is 57.1 Å². The highest BCUT2D eigenvalue weighted by atomic mass is 16.8. The van der Waals surface area contributed by atoms with Gasteiger partial charge in [-0.05, 0) is 93.3 Å². The predicted molar refractivity (Wildman–Crippen MR) is 337 cm³/mol. The Labute approximate surface area is 589 Å². The topological polar surface area (TPSA) is 502 Å². The van der Waals surface area contributed by atoms with Crippen LogP contribution in [0.25, 0.3) is 0 Å². The second-order valence-electron chi connectivity index (χ2n) is 30.9. The van der Waals surface area contributed by atoms with Gasteiger partial charge in [0, 0.05) is 21.0 Å². The summed E-state index contributed by atoms with van der Waals surface area (Å²) in [6.07, 6.45) is -43.8. The number of carbonyl (C=O) groups is 3. The molecule has 0 amide bonds. The maximum Gasteiger partial charge on any atom is 0.314 e. The smallest absolute Gasteiger partial charge is 0.314 e. The van der Waals surface area contributed by atoms with Crippen molar-refractivity contribution in [1.82, 2.24) is 0 Å². The van der Waals surface area contributed by atoms with Crippen molar-refractivity contribution in [2.75, 3.05) is 46.8 Å². The number of hydrogen-bond donors (Lipinski definition) is 15. The van der Waals surface area contributed by atoms with Crippen molar-refractivity contribution in [2.24, 2.45) is 39.4 Å². The molecule has 7 aliphatic heterocycles. The molecule has 0 aromatic heterocycles. The minimum Gasteiger partial charge on any atom is -0.462 e. The number of allylic oxidation sites excluding steroid dienone is 3. The van der Waals surface area contributed by atoms with E-state index in [9.17, 15) is 86.2 Å². The van der Waals surface area contributed by atoms with E-state index in [1.807, 2.05) is 6.92 Å². The Morgan fingerprint density at radius 3 is 1.69 bits per heavy atom. The monoisotopic (exact) mass is 1470 g/mol. The zero-order valence-corrected chi connectivity index (χ0v) is 58.7. The fourth-order valence-corrected chi connectivity index (χ4v) is 19.2. The third-order valence-electron chi connectivity index (χ3n) is 24.4. The number of fused-ring (bicyclic) bond motifs is 4. The number of aliphatic hydroxyl groups is 15. The molecule has 7 saturated heterocycles. The van der Waals surface area contributed by atoms with Crippen LogP contribution in [0.15, 0.2) is 23.8 Å². The highest BCUT2D eigenvalue weighted by Gasteiger charge is 2.81. The summed E-state index contributed by atoms with van der Waals surface area (Å²) in [5.74, 6) is -2.58. The van der Waals surface area contributed by atoms with Gasteiger partial charge in [0.15, 0.2) is 43.3 Å². The van der Waals surface area contributed by atoms with Gasteiger partial charge in [-0.1, -0.05) is 44.9 Å². The van der Waals surface area contributed by atoms with Crippen LogP contribution >= 0.6 is 0 Å². The summed E-state index contributed by atoms with van der Waals surface area (Å²) in [6.45, 7) is 14.5. The van der Waals surface area contributed by atoms with Crippen LogP contribution in [0.4, 0.5) is 0 Å². The molecule has 4 aliphatic carbocycles. The van der Waals surface area contributed by atoms with Gasteiger partial charge in [0.2, 0.25) is 0 Å². The van der Waals surface area contributed by atoms with Crippen LogP contribution in [-0.4, -0.2) is 331 Å². The van der Waals surface area contributed by atoms with E-state index in [1.54, 1.807) is 6.92 Å². The van der Waals surface area contributed by atoms with Crippen molar-refractivity contribution in [2.45, 2.75) is 297 Å². The molecular weight excluding hydrogens is 1360 g/mol. The first-order valence-electron chi connectivity index (χ1n) is 35.3. The van der Waals surface area contributed by atoms with Gasteiger partial charge in [-0.3, -0.25) is 14.4 Å².